The molecule has 0 radical (unpaired) electrons. The highest BCUT2D eigenvalue weighted by Gasteiger charge is 2.22. The zero-order chi connectivity index (χ0) is 17.1. The maximum Gasteiger partial charge on any atom is 0.254 e. The van der Waals surface area contributed by atoms with Gasteiger partial charge in [0.25, 0.3) is 5.78 Å². The van der Waals surface area contributed by atoms with Crippen molar-refractivity contribution in [3.8, 4) is 5.88 Å². The quantitative estimate of drug-likeness (QED) is 0.711. The zero-order valence-corrected chi connectivity index (χ0v) is 14.4. The Morgan fingerprint density at radius 1 is 1.20 bits per heavy atom. The molecule has 1 fully saturated rings. The van der Waals surface area contributed by atoms with Gasteiger partial charge in [0.2, 0.25) is 5.88 Å². The second-order valence-electron chi connectivity index (χ2n) is 6.34. The molecule has 130 valence electrons. The summed E-state index contributed by atoms with van der Waals surface area (Å²) < 4.78 is 7.65. The number of piperidine rings is 1. The van der Waals surface area contributed by atoms with Crippen LogP contribution >= 0.6 is 0 Å². The van der Waals surface area contributed by atoms with Gasteiger partial charge in [-0.05, 0) is 31.2 Å². The summed E-state index contributed by atoms with van der Waals surface area (Å²) in [5.41, 5.74) is 1.05. The number of fused-ring (bicyclic) bond motifs is 1. The second kappa shape index (κ2) is 7.04. The Morgan fingerprint density at radius 3 is 2.84 bits per heavy atom. The number of anilines is 1. The Hall–Kier alpha value is -2.70. The van der Waals surface area contributed by atoms with E-state index in [-0.39, 0.29) is 0 Å². The van der Waals surface area contributed by atoms with E-state index < -0.39 is 0 Å². The first-order valence-electron chi connectivity index (χ1n) is 8.82. The van der Waals surface area contributed by atoms with Crippen LogP contribution in [0.4, 0.5) is 5.82 Å². The molecule has 7 nitrogen and oxygen atoms in total. The first-order valence-corrected chi connectivity index (χ1v) is 8.82. The van der Waals surface area contributed by atoms with Gasteiger partial charge in [0.05, 0.1) is 6.61 Å². The fourth-order valence-corrected chi connectivity index (χ4v) is 3.21. The van der Waals surface area contributed by atoms with Crippen molar-refractivity contribution < 1.29 is 4.74 Å². The zero-order valence-electron chi connectivity index (χ0n) is 14.4. The smallest absolute Gasteiger partial charge is 0.254 e. The maximum absolute atomic E-state index is 5.81. The molecule has 0 unspecified atom stereocenters. The summed E-state index contributed by atoms with van der Waals surface area (Å²) >= 11 is 0. The van der Waals surface area contributed by atoms with Gasteiger partial charge in [0, 0.05) is 37.1 Å². The largest absolute Gasteiger partial charge is 0.477 e. The Balaban J connectivity index is 1.41. The summed E-state index contributed by atoms with van der Waals surface area (Å²) in [5.74, 6) is 3.02. The number of pyridine rings is 1. The van der Waals surface area contributed by atoms with E-state index in [4.69, 9.17) is 4.74 Å². The molecule has 3 aromatic heterocycles. The van der Waals surface area contributed by atoms with E-state index in [1.165, 1.54) is 0 Å². The van der Waals surface area contributed by atoms with Gasteiger partial charge in [0.15, 0.2) is 0 Å². The van der Waals surface area contributed by atoms with Crippen LogP contribution in [0.2, 0.25) is 0 Å². The third kappa shape index (κ3) is 3.40. The summed E-state index contributed by atoms with van der Waals surface area (Å²) in [7, 11) is 0. The highest BCUT2D eigenvalue weighted by Crippen LogP contribution is 2.24. The van der Waals surface area contributed by atoms with E-state index in [0.717, 1.165) is 50.5 Å². The third-order valence-corrected chi connectivity index (χ3v) is 4.69. The van der Waals surface area contributed by atoms with Crippen LogP contribution in [0, 0.1) is 5.92 Å². The van der Waals surface area contributed by atoms with Crippen LogP contribution in [0.3, 0.4) is 0 Å². The number of hydrogen-bond acceptors (Lipinski definition) is 6. The highest BCUT2D eigenvalue weighted by molar-refractivity contribution is 5.47. The molecular weight excluding hydrogens is 316 g/mol. The highest BCUT2D eigenvalue weighted by atomic mass is 16.5. The minimum absolute atomic E-state index is 0.553. The van der Waals surface area contributed by atoms with Crippen LogP contribution in [-0.4, -0.2) is 44.3 Å². The summed E-state index contributed by atoms with van der Waals surface area (Å²) in [6, 6.07) is 7.88. The first kappa shape index (κ1) is 15.8. The van der Waals surface area contributed by atoms with Crippen molar-refractivity contribution in [3.63, 3.8) is 0 Å². The van der Waals surface area contributed by atoms with Crippen molar-refractivity contribution in [2.75, 3.05) is 24.6 Å². The molecule has 0 aliphatic carbocycles. The lowest BCUT2D eigenvalue weighted by Gasteiger charge is -2.33. The first-order chi connectivity index (χ1) is 12.3. The number of ether oxygens (including phenoxy) is 1. The minimum atomic E-state index is 0.553. The van der Waals surface area contributed by atoms with Gasteiger partial charge in [0.1, 0.15) is 12.1 Å². The van der Waals surface area contributed by atoms with Gasteiger partial charge >= 0.3 is 0 Å². The van der Waals surface area contributed by atoms with Crippen molar-refractivity contribution in [2.24, 2.45) is 5.92 Å². The monoisotopic (exact) mass is 338 g/mol. The molecular formula is C18H22N6O. The molecule has 7 heteroatoms. The predicted octanol–water partition coefficient (Wildman–Crippen LogP) is 2.38. The standard InChI is InChI=1S/C18H22N6O/c1-2-15-11-17(24-18(22-15)20-13-21-24)23-9-6-14(7-10-23)12-25-16-5-3-4-8-19-16/h3-5,8,11,13-14H,2,6-7,9-10,12H2,1H3. The molecule has 4 rings (SSSR count). The van der Waals surface area contributed by atoms with Gasteiger partial charge in [-0.15, -0.1) is 0 Å². The molecule has 0 saturated carbocycles. The molecule has 0 aromatic carbocycles. The average Bonchev–Trinajstić information content (AvgIpc) is 3.15. The molecule has 0 N–H and O–H groups in total. The number of hydrogen-bond donors (Lipinski definition) is 0. The van der Waals surface area contributed by atoms with Gasteiger partial charge in [-0.2, -0.15) is 14.6 Å². The van der Waals surface area contributed by atoms with Crippen molar-refractivity contribution >= 4 is 11.6 Å². The van der Waals surface area contributed by atoms with Crippen LogP contribution in [0.5, 0.6) is 5.88 Å². The molecule has 0 bridgehead atoms. The molecule has 0 amide bonds. The molecule has 25 heavy (non-hydrogen) atoms. The molecule has 0 spiro atoms. The Kier molecular flexibility index (Phi) is 4.45. The van der Waals surface area contributed by atoms with E-state index in [0.29, 0.717) is 17.6 Å². The van der Waals surface area contributed by atoms with Crippen molar-refractivity contribution in [1.82, 2.24) is 24.6 Å². The van der Waals surface area contributed by atoms with E-state index in [9.17, 15) is 0 Å². The van der Waals surface area contributed by atoms with Crippen LogP contribution in [0.1, 0.15) is 25.5 Å². The fourth-order valence-electron chi connectivity index (χ4n) is 3.21. The lowest BCUT2D eigenvalue weighted by molar-refractivity contribution is 0.216. The number of nitrogens with zero attached hydrogens (tertiary/aromatic N) is 6. The normalized spacial score (nSPS) is 15.6. The Labute approximate surface area is 146 Å². The van der Waals surface area contributed by atoms with Crippen molar-refractivity contribution in [1.29, 1.82) is 0 Å². The predicted molar refractivity (Wildman–Crippen MR) is 94.8 cm³/mol. The van der Waals surface area contributed by atoms with Gasteiger partial charge in [-0.3, -0.25) is 0 Å². The Bertz CT molecular complexity index is 826. The van der Waals surface area contributed by atoms with Crippen LogP contribution in [0.25, 0.3) is 5.78 Å². The Morgan fingerprint density at radius 2 is 2.08 bits per heavy atom. The third-order valence-electron chi connectivity index (χ3n) is 4.69. The van der Waals surface area contributed by atoms with Gasteiger partial charge in [-0.25, -0.2) is 9.97 Å². The summed E-state index contributed by atoms with van der Waals surface area (Å²) in [6.45, 7) is 4.80. The lowest BCUT2D eigenvalue weighted by Crippen LogP contribution is -2.36. The molecule has 1 aliphatic heterocycles. The molecule has 3 aromatic rings. The van der Waals surface area contributed by atoms with Crippen molar-refractivity contribution in [2.45, 2.75) is 26.2 Å². The SMILES string of the molecule is CCc1cc(N2CCC(COc3ccccn3)CC2)n2ncnc2n1. The number of aromatic nitrogens is 5. The molecule has 0 atom stereocenters. The van der Waals surface area contributed by atoms with Gasteiger partial charge < -0.3 is 9.64 Å². The van der Waals surface area contributed by atoms with E-state index in [1.807, 2.05) is 22.7 Å². The van der Waals surface area contributed by atoms with Crippen LogP contribution in [-0.2, 0) is 6.42 Å². The topological polar surface area (TPSA) is 68.4 Å². The fraction of sp³-hybridized carbons (Fsp3) is 0.444. The summed E-state index contributed by atoms with van der Waals surface area (Å²) in [6.07, 6.45) is 6.40. The lowest BCUT2D eigenvalue weighted by atomic mass is 9.98. The van der Waals surface area contributed by atoms with E-state index >= 15 is 0 Å². The van der Waals surface area contributed by atoms with Crippen LogP contribution in [0.15, 0.2) is 36.8 Å². The molecule has 1 aliphatic rings. The average molecular weight is 338 g/mol. The number of rotatable bonds is 5. The second-order valence-corrected chi connectivity index (χ2v) is 6.34. The molecule has 1 saturated heterocycles. The minimum Gasteiger partial charge on any atom is -0.477 e. The van der Waals surface area contributed by atoms with Gasteiger partial charge in [-0.1, -0.05) is 13.0 Å². The van der Waals surface area contributed by atoms with E-state index in [1.54, 1.807) is 12.5 Å². The number of aryl methyl sites for hydroxylation is 1. The molecule has 4 heterocycles. The summed E-state index contributed by atoms with van der Waals surface area (Å²) in [5, 5.41) is 4.33. The van der Waals surface area contributed by atoms with Crippen LogP contribution < -0.4 is 9.64 Å². The van der Waals surface area contributed by atoms with E-state index in [2.05, 4.69) is 37.9 Å². The maximum atomic E-state index is 5.81. The summed E-state index contributed by atoms with van der Waals surface area (Å²) in [4.78, 5) is 15.4. The van der Waals surface area contributed by atoms with Crippen molar-refractivity contribution in [3.05, 3.63) is 42.5 Å².